The number of carbonyl (C=O) groups is 1. The van der Waals surface area contributed by atoms with Gasteiger partial charge >= 0.3 is 0 Å². The Morgan fingerprint density at radius 3 is 2.52 bits per heavy atom. The Balaban J connectivity index is 2.24. The van der Waals surface area contributed by atoms with Gasteiger partial charge in [-0.1, -0.05) is 20.8 Å². The summed E-state index contributed by atoms with van der Waals surface area (Å²) in [6, 6.07) is 6.29. The Labute approximate surface area is 157 Å². The van der Waals surface area contributed by atoms with Gasteiger partial charge in [-0.25, -0.2) is 8.78 Å². The standard InChI is InChI=1S/C19H25F2N5O/c1-4-17(23-22)18-8-6-14(24-25-18)11-26(10-12(2)3)19(27)15-9-13(20)5-7-16(15)21/h5-9,12,17,23H,4,10-11,22H2,1-3H3. The van der Waals surface area contributed by atoms with Crippen molar-refractivity contribution in [2.24, 2.45) is 11.8 Å². The molecule has 1 amide bonds. The average molecular weight is 377 g/mol. The number of nitrogens with two attached hydrogens (primary N) is 1. The minimum Gasteiger partial charge on any atom is -0.332 e. The van der Waals surface area contributed by atoms with Crippen molar-refractivity contribution in [3.63, 3.8) is 0 Å². The van der Waals surface area contributed by atoms with Gasteiger partial charge in [0.05, 0.1) is 29.5 Å². The van der Waals surface area contributed by atoms with Crippen LogP contribution in [0.2, 0.25) is 0 Å². The van der Waals surface area contributed by atoms with Crippen molar-refractivity contribution in [3.05, 3.63) is 58.9 Å². The van der Waals surface area contributed by atoms with Crippen LogP contribution < -0.4 is 11.3 Å². The molecule has 0 radical (unpaired) electrons. The zero-order valence-electron chi connectivity index (χ0n) is 15.7. The third-order valence-electron chi connectivity index (χ3n) is 4.09. The first kappa shape index (κ1) is 20.9. The van der Waals surface area contributed by atoms with E-state index in [1.807, 2.05) is 20.8 Å². The van der Waals surface area contributed by atoms with Gasteiger partial charge in [-0.3, -0.25) is 16.1 Å². The molecule has 0 saturated carbocycles. The highest BCUT2D eigenvalue weighted by atomic mass is 19.1. The predicted octanol–water partition coefficient (Wildman–Crippen LogP) is 2.97. The number of hydrogen-bond donors (Lipinski definition) is 2. The number of nitrogens with one attached hydrogen (secondary N) is 1. The number of nitrogens with zero attached hydrogens (tertiary/aromatic N) is 3. The Kier molecular flexibility index (Phi) is 7.32. The van der Waals surface area contributed by atoms with Crippen LogP contribution in [0.3, 0.4) is 0 Å². The first-order chi connectivity index (χ1) is 12.8. The molecule has 0 aliphatic carbocycles. The summed E-state index contributed by atoms with van der Waals surface area (Å²) in [7, 11) is 0. The van der Waals surface area contributed by atoms with Crippen LogP contribution >= 0.6 is 0 Å². The lowest BCUT2D eigenvalue weighted by atomic mass is 10.1. The largest absolute Gasteiger partial charge is 0.332 e. The van der Waals surface area contributed by atoms with Crippen LogP contribution in [-0.4, -0.2) is 27.5 Å². The molecule has 27 heavy (non-hydrogen) atoms. The first-order valence-electron chi connectivity index (χ1n) is 8.88. The van der Waals surface area contributed by atoms with E-state index in [4.69, 9.17) is 5.84 Å². The SMILES string of the molecule is CCC(NN)c1ccc(CN(CC(C)C)C(=O)c2cc(F)ccc2F)nn1. The van der Waals surface area contributed by atoms with Crippen LogP contribution in [0.25, 0.3) is 0 Å². The second-order valence-corrected chi connectivity index (χ2v) is 6.78. The molecule has 0 spiro atoms. The van der Waals surface area contributed by atoms with Crippen molar-refractivity contribution in [1.82, 2.24) is 20.5 Å². The lowest BCUT2D eigenvalue weighted by Crippen LogP contribution is -2.35. The predicted molar refractivity (Wildman–Crippen MR) is 98.3 cm³/mol. The molecule has 6 nitrogen and oxygen atoms in total. The number of hydrazine groups is 1. The molecule has 0 aliphatic heterocycles. The van der Waals surface area contributed by atoms with E-state index in [0.29, 0.717) is 17.9 Å². The van der Waals surface area contributed by atoms with Crippen LogP contribution in [0.5, 0.6) is 0 Å². The van der Waals surface area contributed by atoms with E-state index < -0.39 is 17.5 Å². The summed E-state index contributed by atoms with van der Waals surface area (Å²) in [6.07, 6.45) is 0.751. The molecule has 8 heteroatoms. The van der Waals surface area contributed by atoms with Gasteiger partial charge in [0.25, 0.3) is 5.91 Å². The monoisotopic (exact) mass is 377 g/mol. The van der Waals surface area contributed by atoms with Crippen LogP contribution in [0.15, 0.2) is 30.3 Å². The van der Waals surface area contributed by atoms with Crippen molar-refractivity contribution in [1.29, 1.82) is 0 Å². The van der Waals surface area contributed by atoms with Crippen molar-refractivity contribution in [3.8, 4) is 0 Å². The quantitative estimate of drug-likeness (QED) is 0.546. The third-order valence-corrected chi connectivity index (χ3v) is 4.09. The first-order valence-corrected chi connectivity index (χ1v) is 8.88. The van der Waals surface area contributed by atoms with Crippen molar-refractivity contribution in [2.45, 2.75) is 39.8 Å². The van der Waals surface area contributed by atoms with Gasteiger partial charge in [-0.15, -0.1) is 0 Å². The fraction of sp³-hybridized carbons (Fsp3) is 0.421. The van der Waals surface area contributed by atoms with Gasteiger partial charge in [0, 0.05) is 6.54 Å². The van der Waals surface area contributed by atoms with Crippen molar-refractivity contribution >= 4 is 5.91 Å². The van der Waals surface area contributed by atoms with Gasteiger partial charge in [-0.05, 0) is 42.7 Å². The minimum absolute atomic E-state index is 0.110. The maximum absolute atomic E-state index is 14.0. The van der Waals surface area contributed by atoms with Crippen LogP contribution in [-0.2, 0) is 6.54 Å². The Bertz CT molecular complexity index is 763. The zero-order chi connectivity index (χ0) is 20.0. The highest BCUT2D eigenvalue weighted by Gasteiger charge is 2.22. The molecule has 0 saturated heterocycles. The van der Waals surface area contributed by atoms with Gasteiger partial charge in [0.15, 0.2) is 0 Å². The third kappa shape index (κ3) is 5.51. The number of rotatable bonds is 8. The Morgan fingerprint density at radius 2 is 1.96 bits per heavy atom. The second kappa shape index (κ2) is 9.48. The maximum atomic E-state index is 14.0. The summed E-state index contributed by atoms with van der Waals surface area (Å²) in [5.74, 6) is 3.63. The molecule has 0 bridgehead atoms. The van der Waals surface area contributed by atoms with E-state index >= 15 is 0 Å². The van der Waals surface area contributed by atoms with Gasteiger partial charge in [0.1, 0.15) is 11.6 Å². The summed E-state index contributed by atoms with van der Waals surface area (Å²) in [6.45, 7) is 6.37. The fourth-order valence-electron chi connectivity index (χ4n) is 2.74. The molecule has 1 aromatic carbocycles. The molecule has 1 atom stereocenters. The smallest absolute Gasteiger partial charge is 0.257 e. The lowest BCUT2D eigenvalue weighted by Gasteiger charge is -2.24. The Hall–Kier alpha value is -2.45. The van der Waals surface area contributed by atoms with E-state index in [2.05, 4.69) is 15.6 Å². The Morgan fingerprint density at radius 1 is 1.22 bits per heavy atom. The molecule has 1 heterocycles. The van der Waals surface area contributed by atoms with Crippen molar-refractivity contribution < 1.29 is 13.6 Å². The van der Waals surface area contributed by atoms with Gasteiger partial charge < -0.3 is 4.90 Å². The van der Waals surface area contributed by atoms with E-state index in [0.717, 1.165) is 24.6 Å². The van der Waals surface area contributed by atoms with Crippen molar-refractivity contribution in [2.75, 3.05) is 6.54 Å². The number of hydrogen-bond acceptors (Lipinski definition) is 5. The summed E-state index contributed by atoms with van der Waals surface area (Å²) in [4.78, 5) is 14.2. The zero-order valence-corrected chi connectivity index (χ0v) is 15.7. The van der Waals surface area contributed by atoms with E-state index in [9.17, 15) is 13.6 Å². The van der Waals surface area contributed by atoms with E-state index in [1.165, 1.54) is 4.90 Å². The summed E-state index contributed by atoms with van der Waals surface area (Å²) >= 11 is 0. The second-order valence-electron chi connectivity index (χ2n) is 6.78. The topological polar surface area (TPSA) is 84.1 Å². The van der Waals surface area contributed by atoms with Gasteiger partial charge in [0.2, 0.25) is 0 Å². The average Bonchev–Trinajstić information content (AvgIpc) is 2.64. The number of carbonyl (C=O) groups excluding carboxylic acids is 1. The van der Waals surface area contributed by atoms with Gasteiger partial charge in [-0.2, -0.15) is 10.2 Å². The molecule has 0 aliphatic rings. The summed E-state index contributed by atoms with van der Waals surface area (Å²) in [5, 5.41) is 8.30. The molecule has 1 aromatic heterocycles. The maximum Gasteiger partial charge on any atom is 0.257 e. The minimum atomic E-state index is -0.753. The lowest BCUT2D eigenvalue weighted by molar-refractivity contribution is 0.0714. The van der Waals surface area contributed by atoms with E-state index in [-0.39, 0.29) is 24.1 Å². The molecule has 3 N–H and O–H groups in total. The van der Waals surface area contributed by atoms with E-state index in [1.54, 1.807) is 12.1 Å². The number of amides is 1. The molecule has 2 aromatic rings. The highest BCUT2D eigenvalue weighted by Crippen LogP contribution is 2.17. The normalized spacial score (nSPS) is 12.3. The fourth-order valence-corrected chi connectivity index (χ4v) is 2.74. The molecule has 1 unspecified atom stereocenters. The molecule has 0 fully saturated rings. The van der Waals surface area contributed by atoms with Crippen LogP contribution in [0.1, 0.15) is 55.0 Å². The summed E-state index contributed by atoms with van der Waals surface area (Å²) < 4.78 is 27.5. The van der Waals surface area contributed by atoms with Crippen LogP contribution in [0, 0.1) is 17.6 Å². The number of benzene rings is 1. The van der Waals surface area contributed by atoms with Crippen LogP contribution in [0.4, 0.5) is 8.78 Å². The molecular weight excluding hydrogens is 352 g/mol. The molecule has 2 rings (SSSR count). The number of halogens is 2. The highest BCUT2D eigenvalue weighted by molar-refractivity contribution is 5.94. The molecule has 146 valence electrons. The molecular formula is C19H25F2N5O. The number of aromatic nitrogens is 2. The summed E-state index contributed by atoms with van der Waals surface area (Å²) in [5.41, 5.74) is 3.62.